The lowest BCUT2D eigenvalue weighted by atomic mass is 9.54. The van der Waals surface area contributed by atoms with Crippen molar-refractivity contribution >= 4 is 29.5 Å². The average Bonchev–Trinajstić information content (AvgIpc) is 3.30. The number of fused-ring (bicyclic) bond motifs is 3. The van der Waals surface area contributed by atoms with Crippen molar-refractivity contribution < 1.29 is 107 Å². The van der Waals surface area contributed by atoms with Crippen LogP contribution in [-0.4, -0.2) is 193 Å². The lowest BCUT2D eigenvalue weighted by molar-refractivity contribution is -0.333. The van der Waals surface area contributed by atoms with Gasteiger partial charge in [-0.1, -0.05) is 6.07 Å². The number of carbonyl (C=O) groups is 5. The highest BCUT2D eigenvalue weighted by Gasteiger charge is 2.76. The molecular formula is C50H68N2O22. The molecule has 74 heavy (non-hydrogen) atoms. The molecule has 10 N–H and O–H groups in total. The van der Waals surface area contributed by atoms with E-state index in [0.29, 0.717) is 12.8 Å². The van der Waals surface area contributed by atoms with Crippen LogP contribution in [0.2, 0.25) is 0 Å². The molecule has 7 aliphatic rings. The number of nitrogens with one attached hydrogen (secondary N) is 1. The molecule has 0 spiro atoms. The summed E-state index contributed by atoms with van der Waals surface area (Å²) in [6.07, 6.45) is -19.5. The molecular weight excluding hydrogens is 981 g/mol. The van der Waals surface area contributed by atoms with Crippen molar-refractivity contribution in [1.82, 2.24) is 5.32 Å². The Bertz CT molecular complexity index is 2450. The Hall–Kier alpha value is -4.51. The lowest BCUT2D eigenvalue weighted by Crippen LogP contribution is -2.80. The number of rotatable bonds is 11. The van der Waals surface area contributed by atoms with Crippen LogP contribution in [0.1, 0.15) is 120 Å². The van der Waals surface area contributed by atoms with Gasteiger partial charge in [-0.15, -0.1) is 0 Å². The smallest absolute Gasteiger partial charge is 0.312 e. The number of phenols is 1. The third kappa shape index (κ3) is 9.69. The zero-order valence-electron chi connectivity index (χ0n) is 42.5. The van der Waals surface area contributed by atoms with Crippen LogP contribution in [-0.2, 0) is 57.0 Å². The predicted octanol–water partition coefficient (Wildman–Crippen LogP) is 0.0528. The van der Waals surface area contributed by atoms with Crippen molar-refractivity contribution in [3.8, 4) is 5.75 Å². The fourth-order valence-corrected chi connectivity index (χ4v) is 11.9. The summed E-state index contributed by atoms with van der Waals surface area (Å²) in [5, 5.41) is 87.3. The summed E-state index contributed by atoms with van der Waals surface area (Å²) >= 11 is 0. The SMILES string of the molecule is CO[C@@H]1C[C@H](O[C@H]2C=C(C)[C@@H](OC(C)=O)[C@]3(O)[C@@H](OC(C)=O)[C@@H](O)C4=C(C(=O)c5ccc(C6C[C@@H](O[C@H]7C[C@](C)(O)[C@H](O[C@H]8CC[C@H](NC(N)=O)[C@@H](C)O8)[C@@H](C)O7)[C@H](O)[C@@H](C)O6)c(O)c5C4=O)[C@]23O)O[C@@H](C)[C@H]1O. The van der Waals surface area contributed by atoms with E-state index in [9.17, 15) is 50.1 Å². The van der Waals surface area contributed by atoms with Crippen molar-refractivity contribution in [3.05, 3.63) is 51.6 Å². The highest BCUT2D eigenvalue weighted by molar-refractivity contribution is 6.29. The number of aliphatic hydroxyl groups is 6. The first-order valence-corrected chi connectivity index (χ1v) is 24.7. The summed E-state index contributed by atoms with van der Waals surface area (Å²) in [6.45, 7) is 11.4. The van der Waals surface area contributed by atoms with E-state index in [1.807, 2.05) is 0 Å². The fourth-order valence-electron chi connectivity index (χ4n) is 11.9. The largest absolute Gasteiger partial charge is 0.507 e. The lowest BCUT2D eigenvalue weighted by Gasteiger charge is -2.59. The van der Waals surface area contributed by atoms with Crippen LogP contribution in [0.3, 0.4) is 0 Å². The molecule has 0 aromatic heterocycles. The van der Waals surface area contributed by atoms with Gasteiger partial charge < -0.3 is 94.2 Å². The van der Waals surface area contributed by atoms with Crippen molar-refractivity contribution in [1.29, 1.82) is 0 Å². The van der Waals surface area contributed by atoms with Crippen LogP contribution in [0.25, 0.3) is 0 Å². The molecule has 21 atom stereocenters. The van der Waals surface area contributed by atoms with Crippen LogP contribution < -0.4 is 11.1 Å². The van der Waals surface area contributed by atoms with E-state index in [4.69, 9.17) is 53.1 Å². The topological polar surface area (TPSA) is 357 Å². The first-order valence-electron chi connectivity index (χ1n) is 24.7. The number of aromatic hydroxyl groups is 1. The highest BCUT2D eigenvalue weighted by atomic mass is 16.7. The first-order chi connectivity index (χ1) is 34.6. The van der Waals surface area contributed by atoms with Gasteiger partial charge in [0.2, 0.25) is 0 Å². The number of hydrogen-bond acceptors (Lipinski definition) is 22. The normalized spacial score (nSPS) is 43.3. The molecule has 1 aromatic rings. The number of nitrogens with two attached hydrogens (primary N) is 1. The predicted molar refractivity (Wildman–Crippen MR) is 249 cm³/mol. The van der Waals surface area contributed by atoms with Gasteiger partial charge >= 0.3 is 18.0 Å². The standard InChI is InChI=1S/C50H68N2O22/c1-18-14-31(73-33-16-29(65-9)38(55)21(4)68-33)49(63)37-36(43(60)46(71-24(7)54)50(49,64)44(18)70-23(6)53)42(59)35-26(41(37)58)11-10-25(40(35)57)28-15-30(39(56)20(3)66-28)72-34-17-48(8,62)45(22(5)69-34)74-32-13-12-27(19(2)67-32)52-47(51)61/h10-11,14,19-22,27-34,38-39,43-46,55-57,60,62-64H,12-13,15-17H2,1-9H3,(H3,51,52,61)/t19-,20-,21+,22-,27+,28?,29-,30-,31+,32+,33+,34+,38-,39-,43+,44-,45-,46+,48+,49-,50+/m1/s1. The molecule has 0 saturated carbocycles. The number of phenolic OH excluding ortho intramolecular Hbond substituents is 1. The third-order valence-electron chi connectivity index (χ3n) is 15.5. The number of benzene rings is 1. The van der Waals surface area contributed by atoms with Gasteiger partial charge in [0, 0.05) is 68.9 Å². The van der Waals surface area contributed by atoms with Crippen LogP contribution >= 0.6 is 0 Å². The molecule has 1 aromatic carbocycles. The molecule has 4 heterocycles. The molecule has 24 heteroatoms. The van der Waals surface area contributed by atoms with E-state index in [0.717, 1.165) is 13.8 Å². The Kier molecular flexibility index (Phi) is 15.7. The second-order valence-electron chi connectivity index (χ2n) is 20.8. The minimum atomic E-state index is -3.22. The minimum absolute atomic E-state index is 0.00785. The van der Waals surface area contributed by atoms with Gasteiger partial charge in [0.1, 0.15) is 36.3 Å². The van der Waals surface area contributed by atoms with Crippen LogP contribution in [0, 0.1) is 0 Å². The molecule has 0 radical (unpaired) electrons. The molecule has 3 aliphatic carbocycles. The Balaban J connectivity index is 1.10. The van der Waals surface area contributed by atoms with Gasteiger partial charge in [-0.25, -0.2) is 4.79 Å². The fraction of sp³-hybridized carbons (Fsp3) is 0.700. The number of hydrogen-bond donors (Lipinski definition) is 9. The number of methoxy groups -OCH3 is 1. The maximum Gasteiger partial charge on any atom is 0.312 e. The second-order valence-corrected chi connectivity index (χ2v) is 20.8. The Morgan fingerprint density at radius 3 is 2.03 bits per heavy atom. The quantitative estimate of drug-likeness (QED) is 0.104. The molecule has 24 nitrogen and oxygen atoms in total. The van der Waals surface area contributed by atoms with Gasteiger partial charge in [0.15, 0.2) is 53.8 Å². The van der Waals surface area contributed by atoms with Crippen LogP contribution in [0.4, 0.5) is 4.79 Å². The number of amides is 2. The number of aliphatic hydroxyl groups excluding tert-OH is 3. The van der Waals surface area contributed by atoms with E-state index in [1.54, 1.807) is 27.7 Å². The van der Waals surface area contributed by atoms with Gasteiger partial charge in [-0.3, -0.25) is 19.2 Å². The van der Waals surface area contributed by atoms with Crippen molar-refractivity contribution in [2.45, 2.75) is 215 Å². The number of Topliss-reactive ketones (excluding diaryl/α,β-unsaturated/α-hetero) is 2. The molecule has 2 amide bonds. The van der Waals surface area contributed by atoms with E-state index in [1.165, 1.54) is 39.2 Å². The number of urea groups is 1. The summed E-state index contributed by atoms with van der Waals surface area (Å²) in [5.74, 6) is -5.34. The van der Waals surface area contributed by atoms with Crippen molar-refractivity contribution in [2.24, 2.45) is 5.73 Å². The number of ketones is 2. The summed E-state index contributed by atoms with van der Waals surface area (Å²) in [7, 11) is 1.35. The van der Waals surface area contributed by atoms with Crippen LogP contribution in [0.5, 0.6) is 5.75 Å². The molecule has 4 fully saturated rings. The first kappa shape index (κ1) is 55.7. The molecule has 4 saturated heterocycles. The third-order valence-corrected chi connectivity index (χ3v) is 15.5. The number of carbonyl (C=O) groups excluding carboxylic acids is 5. The maximum atomic E-state index is 15.2. The molecule has 410 valence electrons. The van der Waals surface area contributed by atoms with Gasteiger partial charge in [0.25, 0.3) is 0 Å². The zero-order chi connectivity index (χ0) is 54.3. The van der Waals surface area contributed by atoms with Crippen LogP contribution in [0.15, 0.2) is 34.9 Å². The van der Waals surface area contributed by atoms with E-state index >= 15 is 9.59 Å². The Morgan fingerprint density at radius 1 is 0.770 bits per heavy atom. The highest BCUT2D eigenvalue weighted by Crippen LogP contribution is 2.56. The average molecular weight is 1050 g/mol. The summed E-state index contributed by atoms with van der Waals surface area (Å²) in [4.78, 5) is 67.2. The van der Waals surface area contributed by atoms with Crippen molar-refractivity contribution in [2.75, 3.05) is 7.11 Å². The zero-order valence-corrected chi connectivity index (χ0v) is 42.5. The van der Waals surface area contributed by atoms with Gasteiger partial charge in [0.05, 0.1) is 59.9 Å². The van der Waals surface area contributed by atoms with E-state index < -0.39 is 179 Å². The summed E-state index contributed by atoms with van der Waals surface area (Å²) in [5.41, 5.74) is -5.66. The second kappa shape index (κ2) is 20.8. The number of ether oxygens (including phenoxy) is 10. The summed E-state index contributed by atoms with van der Waals surface area (Å²) < 4.78 is 59.6. The molecule has 8 rings (SSSR count). The van der Waals surface area contributed by atoms with Crippen molar-refractivity contribution in [3.63, 3.8) is 0 Å². The summed E-state index contributed by atoms with van der Waals surface area (Å²) in [6, 6.07) is 1.45. The maximum absolute atomic E-state index is 15.2. The Morgan fingerprint density at radius 2 is 1.41 bits per heavy atom. The minimum Gasteiger partial charge on any atom is -0.507 e. The number of esters is 2. The number of primary amides is 1. The van der Waals surface area contributed by atoms with E-state index in [2.05, 4.69) is 5.32 Å². The molecule has 4 aliphatic heterocycles. The molecule has 1 unspecified atom stereocenters. The van der Waals surface area contributed by atoms with Gasteiger partial charge in [-0.2, -0.15) is 0 Å². The monoisotopic (exact) mass is 1050 g/mol. The molecule has 0 bridgehead atoms. The van der Waals surface area contributed by atoms with Gasteiger partial charge in [-0.05, 0) is 65.7 Å². The van der Waals surface area contributed by atoms with E-state index in [-0.39, 0.29) is 36.4 Å². The Labute approximate surface area is 425 Å².